The van der Waals surface area contributed by atoms with Gasteiger partial charge in [0.25, 0.3) is 0 Å². The maximum Gasteiger partial charge on any atom is 0.348 e. The summed E-state index contributed by atoms with van der Waals surface area (Å²) in [5.74, 6) is 1.26. The number of aromatic amines is 1. The second-order valence-corrected chi connectivity index (χ2v) is 5.93. The lowest BCUT2D eigenvalue weighted by molar-refractivity contribution is -0.133. The molecule has 1 fully saturated rings. The van der Waals surface area contributed by atoms with E-state index >= 15 is 0 Å². The van der Waals surface area contributed by atoms with E-state index in [1.165, 1.54) is 4.57 Å². The summed E-state index contributed by atoms with van der Waals surface area (Å²) in [5.41, 5.74) is 1.01. The molecule has 0 bridgehead atoms. The zero-order valence-electron chi connectivity index (χ0n) is 13.5. The Balaban J connectivity index is 1.82. The number of likely N-dealkylation sites (tertiary alicyclic amines) is 1. The van der Waals surface area contributed by atoms with Gasteiger partial charge in [-0.1, -0.05) is 0 Å². The van der Waals surface area contributed by atoms with Crippen molar-refractivity contribution in [3.8, 4) is 0 Å². The van der Waals surface area contributed by atoms with Crippen molar-refractivity contribution in [3.05, 3.63) is 39.6 Å². The molecule has 0 spiro atoms. The molecule has 0 saturated carbocycles. The molecule has 0 aliphatic carbocycles. The highest BCUT2D eigenvalue weighted by molar-refractivity contribution is 5.76. The number of hydrogen-bond acceptors (Lipinski definition) is 5. The second-order valence-electron chi connectivity index (χ2n) is 5.93. The van der Waals surface area contributed by atoms with Crippen molar-refractivity contribution in [3.63, 3.8) is 0 Å². The van der Waals surface area contributed by atoms with Crippen LogP contribution in [-0.2, 0) is 11.3 Å². The van der Waals surface area contributed by atoms with E-state index in [2.05, 4.69) is 20.2 Å². The molecule has 23 heavy (non-hydrogen) atoms. The molecule has 2 aromatic heterocycles. The number of rotatable bonds is 3. The first kappa shape index (κ1) is 15.4. The largest absolute Gasteiger partial charge is 0.348 e. The van der Waals surface area contributed by atoms with Gasteiger partial charge in [-0.05, 0) is 39.7 Å². The predicted molar refractivity (Wildman–Crippen MR) is 82.8 cm³/mol. The molecule has 8 heteroatoms. The van der Waals surface area contributed by atoms with E-state index in [4.69, 9.17) is 0 Å². The van der Waals surface area contributed by atoms with E-state index in [0.717, 1.165) is 24.4 Å². The maximum atomic E-state index is 12.7. The maximum absolute atomic E-state index is 12.7. The van der Waals surface area contributed by atoms with Gasteiger partial charge in [-0.3, -0.25) is 14.5 Å². The van der Waals surface area contributed by atoms with Crippen LogP contribution in [0.4, 0.5) is 0 Å². The van der Waals surface area contributed by atoms with Crippen LogP contribution in [0.3, 0.4) is 0 Å². The van der Waals surface area contributed by atoms with Gasteiger partial charge in [-0.25, -0.2) is 9.78 Å². The van der Waals surface area contributed by atoms with Crippen LogP contribution >= 0.6 is 0 Å². The number of H-pyrrole nitrogens is 1. The summed E-state index contributed by atoms with van der Waals surface area (Å²) in [6.07, 6.45) is 1.74. The number of nitrogens with one attached hydrogen (secondary N) is 1. The van der Waals surface area contributed by atoms with Gasteiger partial charge in [-0.2, -0.15) is 10.1 Å². The van der Waals surface area contributed by atoms with Gasteiger partial charge >= 0.3 is 5.69 Å². The Morgan fingerprint density at radius 2 is 2.13 bits per heavy atom. The zero-order valence-corrected chi connectivity index (χ0v) is 13.5. The number of amides is 1. The summed E-state index contributed by atoms with van der Waals surface area (Å²) in [4.78, 5) is 34.7. The van der Waals surface area contributed by atoms with E-state index in [1.807, 2.05) is 13.8 Å². The van der Waals surface area contributed by atoms with Crippen molar-refractivity contribution in [1.29, 1.82) is 0 Å². The molecule has 0 unspecified atom stereocenters. The lowest BCUT2D eigenvalue weighted by atomic mass is 10.2. The Hall–Kier alpha value is -2.51. The van der Waals surface area contributed by atoms with Crippen LogP contribution in [0, 0.1) is 20.8 Å². The molecule has 1 atom stereocenters. The lowest BCUT2D eigenvalue weighted by Crippen LogP contribution is -2.38. The number of aromatic nitrogens is 5. The summed E-state index contributed by atoms with van der Waals surface area (Å²) < 4.78 is 1.41. The molecular formula is C15H20N6O2. The van der Waals surface area contributed by atoms with Crippen LogP contribution in [0.1, 0.15) is 41.9 Å². The minimum Gasteiger partial charge on any atom is -0.331 e. The monoisotopic (exact) mass is 316 g/mol. The topological polar surface area (TPSA) is 96.8 Å². The molecule has 122 valence electrons. The van der Waals surface area contributed by atoms with E-state index in [0.29, 0.717) is 18.1 Å². The van der Waals surface area contributed by atoms with Crippen molar-refractivity contribution >= 4 is 5.91 Å². The Kier molecular flexibility index (Phi) is 3.97. The SMILES string of the molecule is Cc1cc(C)n(CC(=O)N2CCC[C@@H]2c2n[nH]c(C)n2)c(=O)n1. The van der Waals surface area contributed by atoms with Gasteiger partial charge in [0, 0.05) is 17.9 Å². The Morgan fingerprint density at radius 1 is 1.35 bits per heavy atom. The van der Waals surface area contributed by atoms with E-state index in [9.17, 15) is 9.59 Å². The van der Waals surface area contributed by atoms with Gasteiger partial charge in [-0.15, -0.1) is 0 Å². The Morgan fingerprint density at radius 3 is 2.78 bits per heavy atom. The van der Waals surface area contributed by atoms with Crippen LogP contribution in [0.25, 0.3) is 0 Å². The first-order valence-corrected chi connectivity index (χ1v) is 7.69. The van der Waals surface area contributed by atoms with Crippen LogP contribution < -0.4 is 5.69 Å². The fourth-order valence-corrected chi connectivity index (χ4v) is 3.04. The first-order chi connectivity index (χ1) is 11.0. The Bertz CT molecular complexity index is 794. The van der Waals surface area contributed by atoms with Crippen molar-refractivity contribution in [2.45, 2.75) is 46.2 Å². The van der Waals surface area contributed by atoms with E-state index in [-0.39, 0.29) is 24.2 Å². The highest BCUT2D eigenvalue weighted by atomic mass is 16.2. The van der Waals surface area contributed by atoms with Crippen molar-refractivity contribution in [2.24, 2.45) is 0 Å². The number of carbonyl (C=O) groups excluding carboxylic acids is 1. The number of hydrogen-bond donors (Lipinski definition) is 1. The van der Waals surface area contributed by atoms with Gasteiger partial charge in [0.05, 0.1) is 6.04 Å². The minimum atomic E-state index is -0.389. The Labute approximate surface area is 133 Å². The van der Waals surface area contributed by atoms with Gasteiger partial charge in [0.2, 0.25) is 5.91 Å². The molecule has 1 aliphatic rings. The average molecular weight is 316 g/mol. The van der Waals surface area contributed by atoms with E-state index in [1.54, 1.807) is 17.9 Å². The highest BCUT2D eigenvalue weighted by Crippen LogP contribution is 2.29. The third-order valence-electron chi connectivity index (χ3n) is 4.13. The summed E-state index contributed by atoms with van der Waals surface area (Å²) in [7, 11) is 0. The third-order valence-corrected chi connectivity index (χ3v) is 4.13. The molecule has 2 aromatic rings. The fourth-order valence-electron chi connectivity index (χ4n) is 3.04. The van der Waals surface area contributed by atoms with Crippen LogP contribution in [0.15, 0.2) is 10.9 Å². The first-order valence-electron chi connectivity index (χ1n) is 7.69. The zero-order chi connectivity index (χ0) is 16.6. The third kappa shape index (κ3) is 3.01. The molecule has 1 aliphatic heterocycles. The normalized spacial score (nSPS) is 17.7. The lowest BCUT2D eigenvalue weighted by Gasteiger charge is -2.23. The molecule has 8 nitrogen and oxygen atoms in total. The molecule has 1 N–H and O–H groups in total. The molecule has 1 amide bonds. The molecular weight excluding hydrogens is 296 g/mol. The quantitative estimate of drug-likeness (QED) is 0.897. The van der Waals surface area contributed by atoms with Crippen LogP contribution in [0.2, 0.25) is 0 Å². The smallest absolute Gasteiger partial charge is 0.331 e. The summed E-state index contributed by atoms with van der Waals surface area (Å²) >= 11 is 0. The molecule has 0 aromatic carbocycles. The molecule has 0 radical (unpaired) electrons. The number of aryl methyl sites for hydroxylation is 3. The molecule has 3 rings (SSSR count). The number of nitrogens with zero attached hydrogens (tertiary/aromatic N) is 5. The van der Waals surface area contributed by atoms with Crippen molar-refractivity contribution < 1.29 is 4.79 Å². The molecule has 3 heterocycles. The summed E-state index contributed by atoms with van der Waals surface area (Å²) in [5, 5.41) is 6.99. The predicted octanol–water partition coefficient (Wildman–Crippen LogP) is 0.650. The van der Waals surface area contributed by atoms with Gasteiger partial charge < -0.3 is 4.90 Å². The second kappa shape index (κ2) is 5.94. The molecule has 1 saturated heterocycles. The summed E-state index contributed by atoms with van der Waals surface area (Å²) in [6.45, 7) is 6.06. The highest BCUT2D eigenvalue weighted by Gasteiger charge is 2.32. The van der Waals surface area contributed by atoms with Crippen molar-refractivity contribution in [2.75, 3.05) is 6.54 Å². The minimum absolute atomic E-state index is 0.00213. The van der Waals surface area contributed by atoms with Crippen molar-refractivity contribution in [1.82, 2.24) is 29.6 Å². The van der Waals surface area contributed by atoms with Crippen LogP contribution in [0.5, 0.6) is 0 Å². The fraction of sp³-hybridized carbons (Fsp3) is 0.533. The summed E-state index contributed by atoms with van der Waals surface area (Å²) in [6, 6.07) is 1.68. The van der Waals surface area contributed by atoms with E-state index < -0.39 is 0 Å². The standard InChI is InChI=1S/C15H20N6O2/c1-9-7-10(2)21(15(23)16-9)8-13(22)20-6-4-5-12(20)14-17-11(3)18-19-14/h7,12H,4-6,8H2,1-3H3,(H,17,18,19)/t12-/m1/s1. The van der Waals surface area contributed by atoms with Gasteiger partial charge in [0.15, 0.2) is 5.82 Å². The number of carbonyl (C=O) groups is 1. The van der Waals surface area contributed by atoms with Gasteiger partial charge in [0.1, 0.15) is 12.4 Å². The van der Waals surface area contributed by atoms with Crippen LogP contribution in [-0.4, -0.2) is 42.1 Å². The average Bonchev–Trinajstić information content (AvgIpc) is 3.10.